The van der Waals surface area contributed by atoms with Crippen molar-refractivity contribution in [1.82, 2.24) is 9.80 Å². The molecule has 104 valence electrons. The molecule has 1 unspecified atom stereocenters. The van der Waals surface area contributed by atoms with Crippen LogP contribution in [0.2, 0.25) is 0 Å². The summed E-state index contributed by atoms with van der Waals surface area (Å²) in [6, 6.07) is 0.0462. The van der Waals surface area contributed by atoms with Crippen molar-refractivity contribution in [3.05, 3.63) is 0 Å². The van der Waals surface area contributed by atoms with E-state index in [1.165, 1.54) is 0 Å². The number of alkyl halides is 4. The summed E-state index contributed by atoms with van der Waals surface area (Å²) >= 11 is 0. The van der Waals surface area contributed by atoms with E-state index in [-0.39, 0.29) is 19.1 Å². The molecule has 0 radical (unpaired) electrons. The third-order valence-electron chi connectivity index (χ3n) is 3.67. The van der Waals surface area contributed by atoms with Crippen LogP contribution in [0.3, 0.4) is 0 Å². The van der Waals surface area contributed by atoms with Gasteiger partial charge >= 0.3 is 12.3 Å². The fraction of sp³-hybridized carbons (Fsp3) is 0.909. The number of rotatable bonds is 3. The molecule has 18 heavy (non-hydrogen) atoms. The third-order valence-corrected chi connectivity index (χ3v) is 3.67. The summed E-state index contributed by atoms with van der Waals surface area (Å²) in [5.41, 5.74) is 0. The van der Waals surface area contributed by atoms with E-state index in [1.807, 2.05) is 0 Å². The zero-order chi connectivity index (χ0) is 13.3. The third kappa shape index (κ3) is 2.46. The molecule has 0 N–H and O–H groups in total. The predicted molar refractivity (Wildman–Crippen MR) is 56.7 cm³/mol. The number of hydrogen-bond acceptors (Lipinski definition) is 2. The van der Waals surface area contributed by atoms with Crippen LogP contribution in [0.1, 0.15) is 19.3 Å². The van der Waals surface area contributed by atoms with E-state index >= 15 is 0 Å². The number of amides is 1. The van der Waals surface area contributed by atoms with Crippen molar-refractivity contribution < 1.29 is 22.4 Å². The Balaban J connectivity index is 1.94. The average molecular weight is 268 g/mol. The van der Waals surface area contributed by atoms with Crippen LogP contribution in [0.25, 0.3) is 0 Å². The van der Waals surface area contributed by atoms with Gasteiger partial charge in [0.1, 0.15) is 0 Å². The lowest BCUT2D eigenvalue weighted by molar-refractivity contribution is -0.179. The normalized spacial score (nSPS) is 26.3. The minimum absolute atomic E-state index is 0.0462. The van der Waals surface area contributed by atoms with Crippen LogP contribution in [0, 0.1) is 0 Å². The first-order valence-electron chi connectivity index (χ1n) is 6.12. The van der Waals surface area contributed by atoms with E-state index in [9.17, 15) is 22.4 Å². The summed E-state index contributed by atoms with van der Waals surface area (Å²) in [5, 5.41) is 0. The van der Waals surface area contributed by atoms with Crippen molar-refractivity contribution in [3.63, 3.8) is 0 Å². The lowest BCUT2D eigenvalue weighted by atomic mass is 10.2. The van der Waals surface area contributed by atoms with E-state index in [1.54, 1.807) is 0 Å². The Morgan fingerprint density at radius 2 is 1.78 bits per heavy atom. The second-order valence-electron chi connectivity index (χ2n) is 4.86. The van der Waals surface area contributed by atoms with E-state index < -0.39 is 18.3 Å². The largest absolute Gasteiger partial charge is 0.383 e. The zero-order valence-electron chi connectivity index (χ0n) is 9.92. The molecule has 2 fully saturated rings. The number of halogens is 4. The second kappa shape index (κ2) is 5.03. The van der Waals surface area contributed by atoms with Crippen LogP contribution in [0.15, 0.2) is 0 Å². The molecule has 0 spiro atoms. The number of carbonyl (C=O) groups is 1. The van der Waals surface area contributed by atoms with Gasteiger partial charge in [0, 0.05) is 19.1 Å². The average Bonchev–Trinajstić information content (AvgIpc) is 2.98. The molecule has 0 bridgehead atoms. The molecule has 2 heterocycles. The van der Waals surface area contributed by atoms with Gasteiger partial charge in [-0.25, -0.2) is 8.78 Å². The minimum atomic E-state index is -4.56. The molecule has 2 rings (SSSR count). The van der Waals surface area contributed by atoms with E-state index in [4.69, 9.17) is 0 Å². The number of carbonyl (C=O) groups excluding carboxylic acids is 1. The fourth-order valence-electron chi connectivity index (χ4n) is 2.64. The molecule has 3 nitrogen and oxygen atoms in total. The summed E-state index contributed by atoms with van der Waals surface area (Å²) in [4.78, 5) is 14.4. The lowest BCUT2D eigenvalue weighted by Crippen LogP contribution is -2.48. The van der Waals surface area contributed by atoms with Gasteiger partial charge in [0.15, 0.2) is 0 Å². The Hall–Kier alpha value is -0.850. The van der Waals surface area contributed by atoms with Crippen LogP contribution in [-0.2, 0) is 4.79 Å². The Bertz CT molecular complexity index is 318. The summed E-state index contributed by atoms with van der Waals surface area (Å²) in [6.45, 7) is 2.08. The van der Waals surface area contributed by atoms with Gasteiger partial charge in [-0.05, 0) is 32.4 Å². The Kier molecular flexibility index (Phi) is 3.79. The molecule has 2 saturated heterocycles. The van der Waals surface area contributed by atoms with Crippen LogP contribution in [0.4, 0.5) is 17.6 Å². The molecule has 2 aliphatic rings. The Morgan fingerprint density at radius 3 is 2.33 bits per heavy atom. The molecule has 1 amide bonds. The van der Waals surface area contributed by atoms with Crippen molar-refractivity contribution in [3.8, 4) is 0 Å². The maximum atomic E-state index is 12.9. The molecule has 1 atom stereocenters. The molecular weight excluding hydrogens is 252 g/mol. The van der Waals surface area contributed by atoms with Gasteiger partial charge in [-0.15, -0.1) is 0 Å². The molecule has 0 aromatic rings. The van der Waals surface area contributed by atoms with Crippen molar-refractivity contribution in [1.29, 1.82) is 0 Å². The summed E-state index contributed by atoms with van der Waals surface area (Å²) in [6.07, 6.45) is -1.21. The quantitative estimate of drug-likeness (QED) is 0.726. The predicted octanol–water partition coefficient (Wildman–Crippen LogP) is 1.58. The van der Waals surface area contributed by atoms with Gasteiger partial charge in [-0.1, -0.05) is 0 Å². The van der Waals surface area contributed by atoms with Crippen molar-refractivity contribution in [2.24, 2.45) is 0 Å². The minimum Gasteiger partial charge on any atom is -0.336 e. The van der Waals surface area contributed by atoms with Gasteiger partial charge in [-0.2, -0.15) is 8.78 Å². The van der Waals surface area contributed by atoms with Gasteiger partial charge in [0.2, 0.25) is 0 Å². The maximum Gasteiger partial charge on any atom is 0.383 e. The standard InChI is InChI=1S/C11H16F4N2O/c12-9(13)11(14,15)10(18)17-6-3-8(7-17)16-4-1-2-5-16/h8-9H,1-7H2. The zero-order valence-corrected chi connectivity index (χ0v) is 9.92. The molecule has 7 heteroatoms. The smallest absolute Gasteiger partial charge is 0.336 e. The second-order valence-corrected chi connectivity index (χ2v) is 4.86. The topological polar surface area (TPSA) is 23.6 Å². The Morgan fingerprint density at radius 1 is 1.17 bits per heavy atom. The first-order valence-corrected chi connectivity index (χ1v) is 6.12. The summed E-state index contributed by atoms with van der Waals surface area (Å²) in [5.74, 6) is -6.29. The van der Waals surface area contributed by atoms with Crippen LogP contribution >= 0.6 is 0 Å². The SMILES string of the molecule is O=C(N1CCC(N2CCCC2)C1)C(F)(F)C(F)F. The van der Waals surface area contributed by atoms with E-state index in [0.717, 1.165) is 30.8 Å². The number of hydrogen-bond donors (Lipinski definition) is 0. The molecule has 0 aromatic carbocycles. The molecular formula is C11H16F4N2O. The highest BCUT2D eigenvalue weighted by Gasteiger charge is 2.52. The summed E-state index contributed by atoms with van der Waals surface area (Å²) < 4.78 is 50.1. The maximum absolute atomic E-state index is 12.9. The molecule has 0 aliphatic carbocycles. The number of nitrogens with zero attached hydrogens (tertiary/aromatic N) is 2. The first kappa shape index (κ1) is 13.6. The van der Waals surface area contributed by atoms with Crippen molar-refractivity contribution in [2.45, 2.75) is 37.7 Å². The Labute approximate surface area is 103 Å². The van der Waals surface area contributed by atoms with Crippen LogP contribution in [-0.4, -0.2) is 60.3 Å². The van der Waals surface area contributed by atoms with Gasteiger partial charge in [-0.3, -0.25) is 9.69 Å². The number of likely N-dealkylation sites (tertiary alicyclic amines) is 2. The van der Waals surface area contributed by atoms with E-state index in [0.29, 0.717) is 6.42 Å². The van der Waals surface area contributed by atoms with Crippen molar-refractivity contribution in [2.75, 3.05) is 26.2 Å². The van der Waals surface area contributed by atoms with E-state index in [2.05, 4.69) is 4.90 Å². The lowest BCUT2D eigenvalue weighted by Gasteiger charge is -2.25. The van der Waals surface area contributed by atoms with Gasteiger partial charge in [0.05, 0.1) is 0 Å². The molecule has 0 saturated carbocycles. The fourth-order valence-corrected chi connectivity index (χ4v) is 2.64. The van der Waals surface area contributed by atoms with Crippen LogP contribution < -0.4 is 0 Å². The van der Waals surface area contributed by atoms with Gasteiger partial charge < -0.3 is 4.90 Å². The highest BCUT2D eigenvalue weighted by Crippen LogP contribution is 2.28. The van der Waals surface area contributed by atoms with Crippen molar-refractivity contribution >= 4 is 5.91 Å². The highest BCUT2D eigenvalue weighted by atomic mass is 19.3. The monoisotopic (exact) mass is 268 g/mol. The summed E-state index contributed by atoms with van der Waals surface area (Å²) in [7, 11) is 0. The van der Waals surface area contributed by atoms with Crippen LogP contribution in [0.5, 0.6) is 0 Å². The molecule has 0 aromatic heterocycles. The van der Waals surface area contributed by atoms with Gasteiger partial charge in [0.25, 0.3) is 5.91 Å². The first-order chi connectivity index (χ1) is 8.43. The highest BCUT2D eigenvalue weighted by molar-refractivity contribution is 5.84. The molecule has 2 aliphatic heterocycles.